The normalized spacial score (nSPS) is 9.15. The topological polar surface area (TPSA) is 72.0 Å². The number of nitrogens with one attached hydrogen (secondary N) is 1. The van der Waals surface area contributed by atoms with Crippen LogP contribution in [0.1, 0.15) is 0 Å². The number of nitrogens with zero attached hydrogens (tertiary/aromatic N) is 3. The molecule has 96 valence electrons. The molecule has 0 bridgehead atoms. The zero-order valence-electron chi connectivity index (χ0n) is 10.3. The summed E-state index contributed by atoms with van der Waals surface area (Å²) in [5.41, 5.74) is 5.16. The van der Waals surface area contributed by atoms with E-state index in [1.165, 1.54) is 0 Å². The molecule has 1 N–H and O–H groups in total. The van der Waals surface area contributed by atoms with Crippen LogP contribution in [0, 0.1) is 22.7 Å². The molecule has 0 atom stereocenters. The monoisotopic (exact) mass is 280 g/mol. The summed E-state index contributed by atoms with van der Waals surface area (Å²) in [6, 6.07) is 18.3. The van der Waals surface area contributed by atoms with Gasteiger partial charge in [-0.3, -0.25) is 5.43 Å². The second-order valence-electron chi connectivity index (χ2n) is 3.88. The van der Waals surface area contributed by atoms with Crippen LogP contribution in [0.4, 0.5) is 5.69 Å². The molecule has 0 saturated heterocycles. The van der Waals surface area contributed by atoms with E-state index in [4.69, 9.17) is 22.1 Å². The largest absolute Gasteiger partial charge is 0.276 e. The van der Waals surface area contributed by atoms with Gasteiger partial charge in [0, 0.05) is 5.02 Å². The zero-order valence-corrected chi connectivity index (χ0v) is 11.1. The lowest BCUT2D eigenvalue weighted by atomic mass is 10.1. The molecule has 0 spiro atoms. The van der Waals surface area contributed by atoms with Crippen molar-refractivity contribution in [3.8, 4) is 23.3 Å². The Hall–Kier alpha value is -2.82. The fraction of sp³-hybridized carbons (Fsp3) is 0. The van der Waals surface area contributed by atoms with Gasteiger partial charge in [-0.2, -0.15) is 15.6 Å². The van der Waals surface area contributed by atoms with E-state index >= 15 is 0 Å². The van der Waals surface area contributed by atoms with Crippen molar-refractivity contribution < 1.29 is 0 Å². The molecule has 0 unspecified atom stereocenters. The minimum absolute atomic E-state index is 0.220. The highest BCUT2D eigenvalue weighted by molar-refractivity contribution is 6.30. The quantitative estimate of drug-likeness (QED) is 0.686. The Balaban J connectivity index is 2.25. The molecule has 0 aromatic heterocycles. The summed E-state index contributed by atoms with van der Waals surface area (Å²) in [7, 11) is 0. The maximum Gasteiger partial charge on any atom is 0.237 e. The first kappa shape index (κ1) is 13.6. The maximum atomic E-state index is 8.61. The minimum Gasteiger partial charge on any atom is -0.276 e. The first-order chi connectivity index (χ1) is 9.72. The van der Waals surface area contributed by atoms with Crippen LogP contribution in [0.15, 0.2) is 53.6 Å². The Morgan fingerprint density at radius 3 is 2.35 bits per heavy atom. The van der Waals surface area contributed by atoms with Gasteiger partial charge in [0.1, 0.15) is 12.1 Å². The van der Waals surface area contributed by atoms with Gasteiger partial charge in [0.25, 0.3) is 0 Å². The summed E-state index contributed by atoms with van der Waals surface area (Å²) < 4.78 is 0. The molecular formula is C15H9ClN4. The van der Waals surface area contributed by atoms with Crippen LogP contribution in [0.2, 0.25) is 5.02 Å². The SMILES string of the molecule is N#CC(C#N)=NNc1cccc(-c2ccc(Cl)cc2)c1. The Morgan fingerprint density at radius 1 is 1.00 bits per heavy atom. The number of anilines is 1. The molecule has 4 nitrogen and oxygen atoms in total. The van der Waals surface area contributed by atoms with Crippen LogP contribution in [-0.2, 0) is 0 Å². The van der Waals surface area contributed by atoms with Crippen molar-refractivity contribution in [1.29, 1.82) is 10.5 Å². The third-order valence-electron chi connectivity index (χ3n) is 2.55. The molecule has 2 aromatic carbocycles. The first-order valence-corrected chi connectivity index (χ1v) is 6.10. The summed E-state index contributed by atoms with van der Waals surface area (Å²) in [6.45, 7) is 0. The van der Waals surface area contributed by atoms with Gasteiger partial charge in [0.05, 0.1) is 5.69 Å². The Bertz CT molecular complexity index is 705. The van der Waals surface area contributed by atoms with Crippen molar-refractivity contribution in [2.24, 2.45) is 5.10 Å². The van der Waals surface area contributed by atoms with Crippen LogP contribution >= 0.6 is 11.6 Å². The standard InChI is InChI=1S/C15H9ClN4/c16-13-6-4-11(5-7-13)12-2-1-3-14(8-12)19-20-15(9-17)10-18/h1-8,19H. The van der Waals surface area contributed by atoms with Gasteiger partial charge >= 0.3 is 0 Å². The second kappa shape index (κ2) is 6.38. The second-order valence-corrected chi connectivity index (χ2v) is 4.32. The van der Waals surface area contributed by atoms with E-state index in [-0.39, 0.29) is 5.71 Å². The number of rotatable bonds is 3. The van der Waals surface area contributed by atoms with Gasteiger partial charge in [-0.05, 0) is 35.4 Å². The summed E-state index contributed by atoms with van der Waals surface area (Å²) >= 11 is 5.86. The minimum atomic E-state index is -0.220. The van der Waals surface area contributed by atoms with Crippen LogP contribution < -0.4 is 5.43 Å². The molecule has 0 radical (unpaired) electrons. The van der Waals surface area contributed by atoms with E-state index in [2.05, 4.69) is 10.5 Å². The predicted octanol–water partition coefficient (Wildman–Crippen LogP) is 3.82. The molecular weight excluding hydrogens is 272 g/mol. The van der Waals surface area contributed by atoms with E-state index < -0.39 is 0 Å². The average molecular weight is 281 g/mol. The van der Waals surface area contributed by atoms with E-state index in [0.717, 1.165) is 11.1 Å². The highest BCUT2D eigenvalue weighted by Gasteiger charge is 2.00. The molecule has 0 aliphatic heterocycles. The van der Waals surface area contributed by atoms with Crippen molar-refractivity contribution in [3.05, 3.63) is 53.6 Å². The van der Waals surface area contributed by atoms with Gasteiger partial charge in [0.15, 0.2) is 0 Å². The lowest BCUT2D eigenvalue weighted by Crippen LogP contribution is -1.96. The van der Waals surface area contributed by atoms with E-state index in [1.807, 2.05) is 42.5 Å². The summed E-state index contributed by atoms with van der Waals surface area (Å²) in [5.74, 6) is 0. The molecule has 0 fully saturated rings. The molecule has 5 heteroatoms. The van der Waals surface area contributed by atoms with Gasteiger partial charge < -0.3 is 0 Å². The Morgan fingerprint density at radius 2 is 1.70 bits per heavy atom. The third-order valence-corrected chi connectivity index (χ3v) is 2.80. The molecule has 0 saturated carbocycles. The van der Waals surface area contributed by atoms with E-state index in [9.17, 15) is 0 Å². The number of hydrogen-bond acceptors (Lipinski definition) is 4. The number of halogens is 1. The van der Waals surface area contributed by atoms with Gasteiger partial charge in [-0.1, -0.05) is 35.9 Å². The fourth-order valence-corrected chi connectivity index (χ4v) is 1.73. The zero-order chi connectivity index (χ0) is 14.4. The highest BCUT2D eigenvalue weighted by Crippen LogP contribution is 2.24. The maximum absolute atomic E-state index is 8.61. The van der Waals surface area contributed by atoms with Crippen LogP contribution in [0.3, 0.4) is 0 Å². The van der Waals surface area contributed by atoms with Crippen molar-refractivity contribution in [2.75, 3.05) is 5.43 Å². The average Bonchev–Trinajstić information content (AvgIpc) is 2.49. The van der Waals surface area contributed by atoms with Crippen LogP contribution in [0.5, 0.6) is 0 Å². The lowest BCUT2D eigenvalue weighted by Gasteiger charge is -2.05. The van der Waals surface area contributed by atoms with Gasteiger partial charge in [-0.15, -0.1) is 0 Å². The lowest BCUT2D eigenvalue weighted by molar-refractivity contribution is 1.34. The summed E-state index contributed by atoms with van der Waals surface area (Å²) in [6.07, 6.45) is 0. The van der Waals surface area contributed by atoms with Crippen molar-refractivity contribution in [1.82, 2.24) is 0 Å². The molecule has 0 aliphatic carbocycles. The smallest absolute Gasteiger partial charge is 0.237 e. The molecule has 0 heterocycles. The van der Waals surface area contributed by atoms with Crippen LogP contribution in [0.25, 0.3) is 11.1 Å². The number of hydrogen-bond donors (Lipinski definition) is 1. The Labute approximate surface area is 121 Å². The van der Waals surface area contributed by atoms with Crippen molar-refractivity contribution in [2.45, 2.75) is 0 Å². The predicted molar refractivity (Wildman–Crippen MR) is 79.2 cm³/mol. The molecule has 0 amide bonds. The van der Waals surface area contributed by atoms with E-state index in [1.54, 1.807) is 18.2 Å². The fourth-order valence-electron chi connectivity index (χ4n) is 1.61. The van der Waals surface area contributed by atoms with Crippen molar-refractivity contribution in [3.63, 3.8) is 0 Å². The number of hydrazone groups is 1. The third kappa shape index (κ3) is 3.35. The van der Waals surface area contributed by atoms with Gasteiger partial charge in [-0.25, -0.2) is 0 Å². The molecule has 2 aromatic rings. The highest BCUT2D eigenvalue weighted by atomic mass is 35.5. The molecule has 20 heavy (non-hydrogen) atoms. The number of nitriles is 2. The van der Waals surface area contributed by atoms with Crippen molar-refractivity contribution >= 4 is 23.0 Å². The Kier molecular flexibility index (Phi) is 4.34. The summed E-state index contributed by atoms with van der Waals surface area (Å²) in [5, 5.41) is 21.6. The van der Waals surface area contributed by atoms with Crippen LogP contribution in [-0.4, -0.2) is 5.71 Å². The number of benzene rings is 2. The van der Waals surface area contributed by atoms with Gasteiger partial charge in [0.2, 0.25) is 5.71 Å². The molecule has 0 aliphatic rings. The van der Waals surface area contributed by atoms with E-state index in [0.29, 0.717) is 10.7 Å². The molecule has 2 rings (SSSR count). The summed E-state index contributed by atoms with van der Waals surface area (Å²) in [4.78, 5) is 0. The first-order valence-electron chi connectivity index (χ1n) is 5.73.